The van der Waals surface area contributed by atoms with E-state index in [2.05, 4.69) is 12.2 Å². The zero-order valence-electron chi connectivity index (χ0n) is 18.2. The standard InChI is InChI=1S/C27H25NO4/c1-14-7-8-16(11-15(14)2)22(29)13-32-23-6-4-3-5-21(23)28-26(30)24-17-9-10-18(20-12-19(17)20)25(24)27(28)31/h3-11,17-20,24-25H,12-13H2,1-2H3/t17-,18-,19-,20+,24+,25+/m0/s1. The lowest BCUT2D eigenvalue weighted by Crippen LogP contribution is -2.40. The Morgan fingerprint density at radius 1 is 0.938 bits per heavy atom. The summed E-state index contributed by atoms with van der Waals surface area (Å²) in [7, 11) is 0. The number of para-hydroxylation sites is 2. The Morgan fingerprint density at radius 2 is 1.59 bits per heavy atom. The Morgan fingerprint density at radius 3 is 2.25 bits per heavy atom. The van der Waals surface area contributed by atoms with Gasteiger partial charge in [0.15, 0.2) is 12.4 Å². The van der Waals surface area contributed by atoms with Crippen molar-refractivity contribution in [1.82, 2.24) is 0 Å². The largest absolute Gasteiger partial charge is 0.483 e. The van der Waals surface area contributed by atoms with Crippen LogP contribution < -0.4 is 9.64 Å². The van der Waals surface area contributed by atoms with Gasteiger partial charge in [0, 0.05) is 5.56 Å². The predicted octanol–water partition coefficient (Wildman–Crippen LogP) is 4.12. The zero-order chi connectivity index (χ0) is 22.1. The Hall–Kier alpha value is -3.21. The first-order valence-corrected chi connectivity index (χ1v) is 11.3. The molecule has 0 spiro atoms. The van der Waals surface area contributed by atoms with Gasteiger partial charge in [0.1, 0.15) is 5.75 Å². The molecule has 1 heterocycles. The second kappa shape index (κ2) is 6.89. The summed E-state index contributed by atoms with van der Waals surface area (Å²) in [6.07, 6.45) is 5.47. The van der Waals surface area contributed by atoms with E-state index in [1.54, 1.807) is 30.3 Å². The molecule has 2 saturated carbocycles. The molecule has 1 aliphatic heterocycles. The number of nitrogens with zero attached hydrogens (tertiary/aromatic N) is 1. The number of Topliss-reactive ketones (excluding diaryl/α,β-unsaturated/α-hetero) is 1. The van der Waals surface area contributed by atoms with Crippen LogP contribution in [0.2, 0.25) is 0 Å². The number of hydrogen-bond acceptors (Lipinski definition) is 4. The highest BCUT2D eigenvalue weighted by Crippen LogP contribution is 2.65. The second-order valence-corrected chi connectivity index (χ2v) is 9.65. The number of amides is 2. The van der Waals surface area contributed by atoms with Gasteiger partial charge in [0.05, 0.1) is 17.5 Å². The van der Waals surface area contributed by atoms with E-state index >= 15 is 0 Å². The highest BCUT2D eigenvalue weighted by Gasteiger charge is 2.67. The van der Waals surface area contributed by atoms with Crippen LogP contribution in [0.1, 0.15) is 27.9 Å². The molecule has 5 aliphatic rings. The minimum Gasteiger partial charge on any atom is -0.483 e. The molecular formula is C27H25NO4. The first-order chi connectivity index (χ1) is 15.5. The highest BCUT2D eigenvalue weighted by atomic mass is 16.5. The molecule has 5 heteroatoms. The topological polar surface area (TPSA) is 63.7 Å². The smallest absolute Gasteiger partial charge is 0.238 e. The van der Waals surface area contributed by atoms with Gasteiger partial charge >= 0.3 is 0 Å². The average Bonchev–Trinajstić information content (AvgIpc) is 3.58. The molecule has 4 aliphatic carbocycles. The second-order valence-electron chi connectivity index (χ2n) is 9.65. The molecule has 2 aromatic carbocycles. The van der Waals surface area contributed by atoms with Gasteiger partial charge in [-0.05, 0) is 73.3 Å². The number of carbonyl (C=O) groups excluding carboxylic acids is 3. The first-order valence-electron chi connectivity index (χ1n) is 11.3. The number of aryl methyl sites for hydroxylation is 2. The monoisotopic (exact) mass is 427 g/mol. The summed E-state index contributed by atoms with van der Waals surface area (Å²) in [4.78, 5) is 40.9. The van der Waals surface area contributed by atoms with Crippen molar-refractivity contribution in [3.8, 4) is 5.75 Å². The van der Waals surface area contributed by atoms with E-state index < -0.39 is 0 Å². The molecule has 7 rings (SSSR count). The fourth-order valence-corrected chi connectivity index (χ4v) is 6.10. The molecule has 5 nitrogen and oxygen atoms in total. The van der Waals surface area contributed by atoms with Crippen LogP contribution >= 0.6 is 0 Å². The van der Waals surface area contributed by atoms with Crippen LogP contribution in [0.25, 0.3) is 0 Å². The average molecular weight is 428 g/mol. The summed E-state index contributed by atoms with van der Waals surface area (Å²) in [5.41, 5.74) is 3.21. The SMILES string of the molecule is Cc1ccc(C(=O)COc2ccccc2N2C(=O)[C@@H]3[C@H]4C=C[C@@H]([C@@H]5C[C@H]45)[C@H]3C2=O)cc1C. The molecule has 0 unspecified atom stereocenters. The molecular weight excluding hydrogens is 402 g/mol. The first kappa shape index (κ1) is 19.5. The number of ketones is 1. The third-order valence-corrected chi connectivity index (χ3v) is 7.96. The molecule has 2 amide bonds. The van der Waals surface area contributed by atoms with Gasteiger partial charge in [-0.3, -0.25) is 14.4 Å². The van der Waals surface area contributed by atoms with Crippen molar-refractivity contribution < 1.29 is 19.1 Å². The van der Waals surface area contributed by atoms with Gasteiger partial charge in [-0.15, -0.1) is 0 Å². The number of rotatable bonds is 5. The summed E-state index contributed by atoms with van der Waals surface area (Å²) < 4.78 is 5.87. The number of allylic oxidation sites excluding steroid dienone is 2. The molecule has 3 fully saturated rings. The lowest BCUT2D eigenvalue weighted by atomic mass is 9.63. The highest BCUT2D eigenvalue weighted by molar-refractivity contribution is 6.23. The van der Waals surface area contributed by atoms with E-state index in [1.165, 1.54) is 4.90 Å². The lowest BCUT2D eigenvalue weighted by molar-refractivity contribution is -0.124. The van der Waals surface area contributed by atoms with Crippen LogP contribution in [0.5, 0.6) is 5.75 Å². The number of carbonyl (C=O) groups is 3. The Labute approximate surface area is 187 Å². The van der Waals surface area contributed by atoms with E-state index in [0.29, 0.717) is 28.8 Å². The van der Waals surface area contributed by atoms with Crippen molar-refractivity contribution in [2.45, 2.75) is 20.3 Å². The van der Waals surface area contributed by atoms with E-state index in [1.807, 2.05) is 26.0 Å². The van der Waals surface area contributed by atoms with E-state index in [-0.39, 0.29) is 47.9 Å². The molecule has 1 saturated heterocycles. The quantitative estimate of drug-likeness (QED) is 0.409. The van der Waals surface area contributed by atoms with Crippen molar-refractivity contribution in [2.75, 3.05) is 11.5 Å². The maximum Gasteiger partial charge on any atom is 0.238 e. The van der Waals surface area contributed by atoms with Gasteiger partial charge < -0.3 is 4.74 Å². The fourth-order valence-electron chi connectivity index (χ4n) is 6.10. The fraction of sp³-hybridized carbons (Fsp3) is 0.370. The molecule has 0 aromatic heterocycles. The summed E-state index contributed by atoms with van der Waals surface area (Å²) in [5, 5.41) is 0. The molecule has 32 heavy (non-hydrogen) atoms. The minimum absolute atomic E-state index is 0.124. The minimum atomic E-state index is -0.258. The van der Waals surface area contributed by atoms with Crippen LogP contribution in [-0.2, 0) is 9.59 Å². The van der Waals surface area contributed by atoms with Gasteiger partial charge in [-0.25, -0.2) is 4.90 Å². The number of anilines is 1. The van der Waals surface area contributed by atoms with Crippen molar-refractivity contribution in [3.63, 3.8) is 0 Å². The van der Waals surface area contributed by atoms with Gasteiger partial charge in [-0.2, -0.15) is 0 Å². The molecule has 0 radical (unpaired) electrons. The molecule has 0 N–H and O–H groups in total. The Kier molecular flexibility index (Phi) is 4.19. The van der Waals surface area contributed by atoms with Crippen molar-refractivity contribution in [1.29, 1.82) is 0 Å². The number of ether oxygens (including phenoxy) is 1. The predicted molar refractivity (Wildman–Crippen MR) is 119 cm³/mol. The number of imide groups is 1. The maximum absolute atomic E-state index is 13.4. The number of hydrogen-bond donors (Lipinski definition) is 0. The van der Waals surface area contributed by atoms with E-state index in [0.717, 1.165) is 17.5 Å². The molecule has 6 atom stereocenters. The van der Waals surface area contributed by atoms with Crippen molar-refractivity contribution >= 4 is 23.3 Å². The summed E-state index contributed by atoms with van der Waals surface area (Å²) in [6.45, 7) is 3.82. The van der Waals surface area contributed by atoms with Crippen LogP contribution in [-0.4, -0.2) is 24.2 Å². The molecule has 162 valence electrons. The van der Waals surface area contributed by atoms with Crippen molar-refractivity contribution in [2.24, 2.45) is 35.5 Å². The lowest BCUT2D eigenvalue weighted by Gasteiger charge is -2.37. The van der Waals surface area contributed by atoms with Gasteiger partial charge in [0.2, 0.25) is 11.8 Å². The normalized spacial score (nSPS) is 31.5. The maximum atomic E-state index is 13.4. The van der Waals surface area contributed by atoms with Gasteiger partial charge in [0.25, 0.3) is 0 Å². The van der Waals surface area contributed by atoms with E-state index in [4.69, 9.17) is 4.74 Å². The third kappa shape index (κ3) is 2.73. The third-order valence-electron chi connectivity index (χ3n) is 7.96. The van der Waals surface area contributed by atoms with Crippen LogP contribution in [0.4, 0.5) is 5.69 Å². The van der Waals surface area contributed by atoms with Crippen molar-refractivity contribution in [3.05, 3.63) is 71.3 Å². The van der Waals surface area contributed by atoms with Crippen LogP contribution in [0.15, 0.2) is 54.6 Å². The van der Waals surface area contributed by atoms with Crippen LogP contribution in [0.3, 0.4) is 0 Å². The summed E-state index contributed by atoms with van der Waals surface area (Å²) >= 11 is 0. The molecule has 2 bridgehead atoms. The van der Waals surface area contributed by atoms with Crippen LogP contribution in [0, 0.1) is 49.4 Å². The Balaban J connectivity index is 1.25. The molecule has 2 aromatic rings. The van der Waals surface area contributed by atoms with E-state index in [9.17, 15) is 14.4 Å². The zero-order valence-corrected chi connectivity index (χ0v) is 18.2. The summed E-state index contributed by atoms with van der Waals surface area (Å²) in [5.74, 6) is 0.954. The number of benzene rings is 2. The summed E-state index contributed by atoms with van der Waals surface area (Å²) in [6, 6.07) is 12.6. The Bertz CT molecular complexity index is 1160. The van der Waals surface area contributed by atoms with Gasteiger partial charge in [-0.1, -0.05) is 36.4 Å².